The van der Waals surface area contributed by atoms with E-state index in [1.807, 2.05) is 18.4 Å². The number of sulfonamides is 1. The molecule has 0 amide bonds. The summed E-state index contributed by atoms with van der Waals surface area (Å²) < 4.78 is 27.2. The molecule has 0 unspecified atom stereocenters. The zero-order valence-corrected chi connectivity index (χ0v) is 13.1. The van der Waals surface area contributed by atoms with Crippen molar-refractivity contribution < 1.29 is 8.42 Å². The van der Waals surface area contributed by atoms with Crippen LogP contribution < -0.4 is 10.0 Å². The first-order chi connectivity index (χ1) is 8.59. The Hall–Kier alpha value is -0.920. The Morgan fingerprint density at radius 1 is 1.42 bits per heavy atom. The molecule has 0 fully saturated rings. The molecule has 0 radical (unpaired) electrons. The molecule has 0 aliphatic carbocycles. The van der Waals surface area contributed by atoms with Gasteiger partial charge in [-0.2, -0.15) is 0 Å². The highest BCUT2D eigenvalue weighted by Crippen LogP contribution is 2.10. The van der Waals surface area contributed by atoms with Crippen LogP contribution in [-0.4, -0.2) is 35.8 Å². The third kappa shape index (κ3) is 6.17. The SMILES string of the molecule is CC(C)NCc1cncn1CC(C)(C)NS(C)(=O)=O. The zero-order valence-electron chi connectivity index (χ0n) is 12.3. The van der Waals surface area contributed by atoms with Crippen molar-refractivity contribution in [3.63, 3.8) is 0 Å². The molecule has 2 N–H and O–H groups in total. The third-order valence-electron chi connectivity index (χ3n) is 2.52. The van der Waals surface area contributed by atoms with Crippen molar-refractivity contribution in [3.05, 3.63) is 18.2 Å². The number of aromatic nitrogens is 2. The lowest BCUT2D eigenvalue weighted by atomic mass is 10.1. The Morgan fingerprint density at radius 3 is 2.58 bits per heavy atom. The molecule has 0 aromatic carbocycles. The Morgan fingerprint density at radius 2 is 2.05 bits per heavy atom. The quantitative estimate of drug-likeness (QED) is 0.775. The van der Waals surface area contributed by atoms with Crippen LogP contribution in [-0.2, 0) is 23.1 Å². The van der Waals surface area contributed by atoms with Crippen molar-refractivity contribution in [2.75, 3.05) is 6.26 Å². The van der Waals surface area contributed by atoms with Gasteiger partial charge in [0, 0.05) is 30.9 Å². The predicted molar refractivity (Wildman–Crippen MR) is 76.3 cm³/mol. The molecule has 0 spiro atoms. The molecule has 19 heavy (non-hydrogen) atoms. The van der Waals surface area contributed by atoms with Gasteiger partial charge in [-0.15, -0.1) is 0 Å². The minimum absolute atomic E-state index is 0.394. The minimum Gasteiger partial charge on any atom is -0.332 e. The van der Waals surface area contributed by atoms with Crippen LogP contribution >= 0.6 is 0 Å². The highest BCUT2D eigenvalue weighted by molar-refractivity contribution is 7.88. The molecule has 7 heteroatoms. The molecule has 1 aromatic heterocycles. The summed E-state index contributed by atoms with van der Waals surface area (Å²) in [6.07, 6.45) is 4.69. The van der Waals surface area contributed by atoms with Gasteiger partial charge in [0.15, 0.2) is 0 Å². The van der Waals surface area contributed by atoms with Crippen LogP contribution in [0.1, 0.15) is 33.4 Å². The Kier molecular flexibility index (Phi) is 5.11. The summed E-state index contributed by atoms with van der Waals surface area (Å²) >= 11 is 0. The first-order valence-electron chi connectivity index (χ1n) is 6.30. The number of hydrogen-bond acceptors (Lipinski definition) is 4. The highest BCUT2D eigenvalue weighted by Gasteiger charge is 2.23. The molecule has 0 saturated carbocycles. The second kappa shape index (κ2) is 6.02. The fourth-order valence-electron chi connectivity index (χ4n) is 1.91. The van der Waals surface area contributed by atoms with Crippen LogP contribution in [0.15, 0.2) is 12.5 Å². The largest absolute Gasteiger partial charge is 0.332 e. The van der Waals surface area contributed by atoms with Gasteiger partial charge in [0.2, 0.25) is 10.0 Å². The summed E-state index contributed by atoms with van der Waals surface area (Å²) in [5.41, 5.74) is 0.484. The molecule has 1 heterocycles. The lowest BCUT2D eigenvalue weighted by molar-refractivity contribution is 0.382. The maximum Gasteiger partial charge on any atom is 0.209 e. The Balaban J connectivity index is 2.74. The van der Waals surface area contributed by atoms with Crippen LogP contribution in [0, 0.1) is 0 Å². The molecular formula is C12H24N4O2S. The molecule has 0 bridgehead atoms. The third-order valence-corrected chi connectivity index (χ3v) is 3.44. The zero-order chi connectivity index (χ0) is 14.7. The topological polar surface area (TPSA) is 76.0 Å². The van der Waals surface area contributed by atoms with E-state index in [9.17, 15) is 8.42 Å². The maximum absolute atomic E-state index is 11.3. The van der Waals surface area contributed by atoms with Gasteiger partial charge in [-0.3, -0.25) is 0 Å². The number of nitrogens with zero attached hydrogens (tertiary/aromatic N) is 2. The monoisotopic (exact) mass is 288 g/mol. The second-order valence-corrected chi connectivity index (χ2v) is 7.56. The molecule has 0 saturated heterocycles. The van der Waals surface area contributed by atoms with Gasteiger partial charge >= 0.3 is 0 Å². The minimum atomic E-state index is -3.22. The van der Waals surface area contributed by atoms with Crippen molar-refractivity contribution in [3.8, 4) is 0 Å². The van der Waals surface area contributed by atoms with Gasteiger partial charge in [0.05, 0.1) is 18.3 Å². The lowest BCUT2D eigenvalue weighted by Gasteiger charge is -2.26. The van der Waals surface area contributed by atoms with E-state index in [0.29, 0.717) is 19.1 Å². The number of hydrogen-bond donors (Lipinski definition) is 2. The Labute approximate surface area is 115 Å². The first kappa shape index (κ1) is 16.1. The molecule has 6 nitrogen and oxygen atoms in total. The summed E-state index contributed by atoms with van der Waals surface area (Å²) in [5.74, 6) is 0. The molecule has 110 valence electrons. The van der Waals surface area contributed by atoms with E-state index in [-0.39, 0.29) is 0 Å². The smallest absolute Gasteiger partial charge is 0.209 e. The van der Waals surface area contributed by atoms with Crippen molar-refractivity contribution in [2.45, 2.75) is 52.4 Å². The van der Waals surface area contributed by atoms with Crippen molar-refractivity contribution in [2.24, 2.45) is 0 Å². The Bertz CT molecular complexity index is 506. The fraction of sp³-hybridized carbons (Fsp3) is 0.750. The second-order valence-electron chi connectivity index (χ2n) is 5.81. The number of imidazole rings is 1. The van der Waals surface area contributed by atoms with Crippen molar-refractivity contribution in [1.29, 1.82) is 0 Å². The normalized spacial score (nSPS) is 13.2. The molecule has 1 rings (SSSR count). The standard InChI is InChI=1S/C12H24N4O2S/c1-10(2)14-7-11-6-13-9-16(11)8-12(3,4)15-19(5,17)18/h6,9-10,14-15H,7-8H2,1-5H3. The number of rotatable bonds is 7. The van der Waals surface area contributed by atoms with Gasteiger partial charge < -0.3 is 9.88 Å². The van der Waals surface area contributed by atoms with Gasteiger partial charge in [0.25, 0.3) is 0 Å². The van der Waals surface area contributed by atoms with Crippen molar-refractivity contribution in [1.82, 2.24) is 19.6 Å². The van der Waals surface area contributed by atoms with E-state index in [1.54, 1.807) is 12.5 Å². The van der Waals surface area contributed by atoms with E-state index >= 15 is 0 Å². The summed E-state index contributed by atoms with van der Waals surface area (Å²) in [5, 5.41) is 3.32. The van der Waals surface area contributed by atoms with E-state index in [1.165, 1.54) is 6.26 Å². The molecule has 0 aliphatic heterocycles. The van der Waals surface area contributed by atoms with E-state index < -0.39 is 15.6 Å². The highest BCUT2D eigenvalue weighted by atomic mass is 32.2. The van der Waals surface area contributed by atoms with Crippen LogP contribution in [0.2, 0.25) is 0 Å². The number of nitrogens with one attached hydrogen (secondary N) is 2. The van der Waals surface area contributed by atoms with Gasteiger partial charge in [0.1, 0.15) is 0 Å². The summed E-state index contributed by atoms with van der Waals surface area (Å²) in [6, 6.07) is 0.394. The van der Waals surface area contributed by atoms with Crippen molar-refractivity contribution >= 4 is 10.0 Å². The molecule has 0 aliphatic rings. The summed E-state index contributed by atoms with van der Waals surface area (Å²) in [6.45, 7) is 9.12. The molecule has 0 atom stereocenters. The van der Waals surface area contributed by atoms with Gasteiger partial charge in [-0.05, 0) is 13.8 Å². The fourth-order valence-corrected chi connectivity index (χ4v) is 2.97. The van der Waals surface area contributed by atoms with Crippen LogP contribution in [0.4, 0.5) is 0 Å². The van der Waals surface area contributed by atoms with E-state index in [4.69, 9.17) is 0 Å². The predicted octanol–water partition coefficient (Wildman–Crippen LogP) is 0.709. The van der Waals surface area contributed by atoms with E-state index in [0.717, 1.165) is 5.69 Å². The average Bonchev–Trinajstić information content (AvgIpc) is 2.57. The first-order valence-corrected chi connectivity index (χ1v) is 8.19. The van der Waals surface area contributed by atoms with Crippen LogP contribution in [0.3, 0.4) is 0 Å². The average molecular weight is 288 g/mol. The van der Waals surface area contributed by atoms with Gasteiger partial charge in [-0.25, -0.2) is 18.1 Å². The lowest BCUT2D eigenvalue weighted by Crippen LogP contribution is -2.46. The molecule has 1 aromatic rings. The van der Waals surface area contributed by atoms with Gasteiger partial charge in [-0.1, -0.05) is 13.8 Å². The molecular weight excluding hydrogens is 264 g/mol. The summed E-state index contributed by atoms with van der Waals surface area (Å²) in [7, 11) is -3.22. The van der Waals surface area contributed by atoms with E-state index in [2.05, 4.69) is 28.9 Å². The van der Waals surface area contributed by atoms with Crippen LogP contribution in [0.5, 0.6) is 0 Å². The summed E-state index contributed by atoms with van der Waals surface area (Å²) in [4.78, 5) is 4.13. The van der Waals surface area contributed by atoms with Crippen LogP contribution in [0.25, 0.3) is 0 Å². The maximum atomic E-state index is 11.3.